The molecule has 140 valence electrons. The number of benzene rings is 1. The van der Waals surface area contributed by atoms with Crippen molar-refractivity contribution in [2.75, 3.05) is 18.0 Å². The summed E-state index contributed by atoms with van der Waals surface area (Å²) in [5.41, 5.74) is 3.44. The minimum Gasteiger partial charge on any atom is -0.371 e. The molecule has 2 aliphatic heterocycles. The Labute approximate surface area is 164 Å². The summed E-state index contributed by atoms with van der Waals surface area (Å²) in [6.07, 6.45) is 4.37. The third-order valence-corrected chi connectivity index (χ3v) is 5.86. The molecule has 5 rings (SSSR count). The van der Waals surface area contributed by atoms with Gasteiger partial charge < -0.3 is 9.64 Å². The third kappa shape index (κ3) is 2.87. The van der Waals surface area contributed by atoms with Crippen LogP contribution >= 0.6 is 15.9 Å². The fraction of sp³-hybridized carbons (Fsp3) is 0.421. The zero-order valence-electron chi connectivity index (χ0n) is 15.2. The topological polar surface area (TPSA) is 76.0 Å². The van der Waals surface area contributed by atoms with E-state index in [1.807, 2.05) is 26.0 Å². The van der Waals surface area contributed by atoms with Gasteiger partial charge in [-0.1, -0.05) is 15.9 Å². The van der Waals surface area contributed by atoms with Gasteiger partial charge in [0.15, 0.2) is 5.65 Å². The number of hydrogen-bond donors (Lipinski definition) is 1. The van der Waals surface area contributed by atoms with E-state index in [4.69, 9.17) is 4.74 Å². The number of aromatic amines is 1. The van der Waals surface area contributed by atoms with Crippen molar-refractivity contribution in [3.05, 3.63) is 44.3 Å². The molecular weight excluding hydrogens is 410 g/mol. The Hall–Kier alpha value is -2.19. The van der Waals surface area contributed by atoms with Crippen molar-refractivity contribution in [3.63, 3.8) is 0 Å². The van der Waals surface area contributed by atoms with Gasteiger partial charge >= 0.3 is 0 Å². The normalized spacial score (nSPS) is 22.0. The number of ether oxygens (including phenoxy) is 1. The summed E-state index contributed by atoms with van der Waals surface area (Å²) in [5, 5.41) is 5.11. The molecule has 0 saturated carbocycles. The molecular formula is C19H20BrN5O2. The first-order valence-electron chi connectivity index (χ1n) is 9.15. The SMILES string of the molecule is Cc1cc(Br)cc(C)c1-n1cc2c(=O)[nH]c(N3CC4CCC(C3)O4)nc2n1. The van der Waals surface area contributed by atoms with Gasteiger partial charge in [0, 0.05) is 23.8 Å². The largest absolute Gasteiger partial charge is 0.371 e. The van der Waals surface area contributed by atoms with Crippen LogP contribution in [0.1, 0.15) is 24.0 Å². The summed E-state index contributed by atoms with van der Waals surface area (Å²) in [6, 6.07) is 4.09. The van der Waals surface area contributed by atoms with Gasteiger partial charge in [-0.05, 0) is 49.9 Å². The molecule has 2 unspecified atom stereocenters. The molecule has 2 atom stereocenters. The van der Waals surface area contributed by atoms with Gasteiger partial charge in [-0.3, -0.25) is 9.78 Å². The molecule has 2 fully saturated rings. The van der Waals surface area contributed by atoms with Crippen molar-refractivity contribution in [2.45, 2.75) is 38.9 Å². The lowest BCUT2D eigenvalue weighted by molar-refractivity contribution is 0.0299. The van der Waals surface area contributed by atoms with Crippen LogP contribution in [0.3, 0.4) is 0 Å². The van der Waals surface area contributed by atoms with Crippen LogP contribution in [-0.2, 0) is 4.74 Å². The predicted molar refractivity (Wildman–Crippen MR) is 107 cm³/mol. The van der Waals surface area contributed by atoms with Gasteiger partial charge in [-0.25, -0.2) is 4.68 Å². The summed E-state index contributed by atoms with van der Waals surface area (Å²) in [6.45, 7) is 5.59. The van der Waals surface area contributed by atoms with Gasteiger partial charge in [0.1, 0.15) is 5.39 Å². The van der Waals surface area contributed by atoms with Gasteiger partial charge in [0.05, 0.1) is 17.9 Å². The monoisotopic (exact) mass is 429 g/mol. The Kier molecular flexibility index (Phi) is 3.87. The summed E-state index contributed by atoms with van der Waals surface area (Å²) in [5.74, 6) is 0.585. The van der Waals surface area contributed by atoms with E-state index in [-0.39, 0.29) is 17.8 Å². The molecule has 0 spiro atoms. The Morgan fingerprint density at radius 1 is 1.19 bits per heavy atom. The van der Waals surface area contributed by atoms with Crippen molar-refractivity contribution in [2.24, 2.45) is 0 Å². The number of halogens is 1. The zero-order chi connectivity index (χ0) is 18.7. The highest BCUT2D eigenvalue weighted by molar-refractivity contribution is 9.10. The minimum atomic E-state index is -0.160. The lowest BCUT2D eigenvalue weighted by Crippen LogP contribution is -2.44. The molecule has 0 aliphatic carbocycles. The lowest BCUT2D eigenvalue weighted by Gasteiger charge is -2.32. The number of nitrogens with zero attached hydrogens (tertiary/aromatic N) is 4. The number of anilines is 1. The molecule has 27 heavy (non-hydrogen) atoms. The lowest BCUT2D eigenvalue weighted by atomic mass is 10.1. The van der Waals surface area contributed by atoms with Crippen molar-refractivity contribution in [1.29, 1.82) is 0 Å². The van der Waals surface area contributed by atoms with Gasteiger partial charge in [-0.2, -0.15) is 4.98 Å². The molecule has 2 saturated heterocycles. The predicted octanol–water partition coefficient (Wildman–Crippen LogP) is 2.86. The van der Waals surface area contributed by atoms with Crippen molar-refractivity contribution in [3.8, 4) is 5.69 Å². The molecule has 1 aromatic carbocycles. The van der Waals surface area contributed by atoms with E-state index < -0.39 is 0 Å². The second-order valence-corrected chi connectivity index (χ2v) is 8.37. The quantitative estimate of drug-likeness (QED) is 0.677. The summed E-state index contributed by atoms with van der Waals surface area (Å²) in [7, 11) is 0. The highest BCUT2D eigenvalue weighted by atomic mass is 79.9. The summed E-state index contributed by atoms with van der Waals surface area (Å²) < 4.78 is 8.67. The molecule has 7 nitrogen and oxygen atoms in total. The Morgan fingerprint density at radius 2 is 1.85 bits per heavy atom. The van der Waals surface area contributed by atoms with E-state index in [1.54, 1.807) is 10.9 Å². The average Bonchev–Trinajstić information content (AvgIpc) is 3.17. The Morgan fingerprint density at radius 3 is 2.52 bits per heavy atom. The number of aromatic nitrogens is 4. The molecule has 0 radical (unpaired) electrons. The van der Waals surface area contributed by atoms with Gasteiger partial charge in [0.25, 0.3) is 5.56 Å². The third-order valence-electron chi connectivity index (χ3n) is 5.40. The Balaban J connectivity index is 1.59. The summed E-state index contributed by atoms with van der Waals surface area (Å²) in [4.78, 5) is 22.4. The van der Waals surface area contributed by atoms with Crippen LogP contribution in [0, 0.1) is 13.8 Å². The molecule has 0 amide bonds. The van der Waals surface area contributed by atoms with Gasteiger partial charge in [0.2, 0.25) is 5.95 Å². The van der Waals surface area contributed by atoms with Crippen molar-refractivity contribution in [1.82, 2.24) is 19.7 Å². The maximum Gasteiger partial charge on any atom is 0.263 e. The van der Waals surface area contributed by atoms with Crippen LogP contribution in [0.25, 0.3) is 16.7 Å². The number of fused-ring (bicyclic) bond motifs is 3. The number of H-pyrrole nitrogens is 1. The molecule has 3 aromatic rings. The van der Waals surface area contributed by atoms with Crippen molar-refractivity contribution >= 4 is 32.9 Å². The van der Waals surface area contributed by atoms with Crippen LogP contribution in [0.2, 0.25) is 0 Å². The van der Waals surface area contributed by atoms with E-state index >= 15 is 0 Å². The second kappa shape index (κ2) is 6.17. The number of hydrogen-bond acceptors (Lipinski definition) is 5. The van der Waals surface area contributed by atoms with Crippen LogP contribution < -0.4 is 10.5 Å². The standard InChI is InChI=1S/C19H20BrN5O2/c1-10-5-12(20)6-11(2)16(10)25-9-15-17(23-25)21-19(22-18(15)26)24-7-13-3-4-14(8-24)27-13/h5-6,9,13-14H,3-4,7-8H2,1-2H3,(H,21,22,23,26). The van der Waals surface area contributed by atoms with E-state index in [0.29, 0.717) is 17.0 Å². The van der Waals surface area contributed by atoms with Gasteiger partial charge in [-0.15, -0.1) is 5.10 Å². The number of rotatable bonds is 2. The maximum atomic E-state index is 12.7. The first kappa shape index (κ1) is 16.9. The zero-order valence-corrected chi connectivity index (χ0v) is 16.8. The Bertz CT molecular complexity index is 1070. The van der Waals surface area contributed by atoms with Crippen LogP contribution in [-0.4, -0.2) is 45.0 Å². The highest BCUT2D eigenvalue weighted by Crippen LogP contribution is 2.28. The number of morpholine rings is 1. The maximum absolute atomic E-state index is 12.7. The average molecular weight is 430 g/mol. The molecule has 4 heterocycles. The van der Waals surface area contributed by atoms with E-state index in [1.165, 1.54) is 0 Å². The molecule has 1 N–H and O–H groups in total. The van der Waals surface area contributed by atoms with Crippen LogP contribution in [0.5, 0.6) is 0 Å². The molecule has 2 aliphatic rings. The minimum absolute atomic E-state index is 0.160. The highest BCUT2D eigenvalue weighted by Gasteiger charge is 2.34. The molecule has 8 heteroatoms. The van der Waals surface area contributed by atoms with Crippen molar-refractivity contribution < 1.29 is 4.74 Å². The molecule has 2 bridgehead atoms. The first-order chi connectivity index (χ1) is 13.0. The van der Waals surface area contributed by atoms with E-state index in [2.05, 4.69) is 35.9 Å². The fourth-order valence-corrected chi connectivity index (χ4v) is 4.91. The van der Waals surface area contributed by atoms with Crippen LogP contribution in [0.4, 0.5) is 5.95 Å². The molecule has 2 aromatic heterocycles. The van der Waals surface area contributed by atoms with Crippen LogP contribution in [0.15, 0.2) is 27.6 Å². The smallest absolute Gasteiger partial charge is 0.263 e. The fourth-order valence-electron chi connectivity index (χ4n) is 4.22. The van der Waals surface area contributed by atoms with E-state index in [9.17, 15) is 4.79 Å². The second-order valence-electron chi connectivity index (χ2n) is 7.45. The van der Waals surface area contributed by atoms with E-state index in [0.717, 1.165) is 47.2 Å². The number of nitrogens with one attached hydrogen (secondary N) is 1. The summed E-state index contributed by atoms with van der Waals surface area (Å²) >= 11 is 3.52. The first-order valence-corrected chi connectivity index (χ1v) is 9.94. The number of aryl methyl sites for hydroxylation is 2.